The van der Waals surface area contributed by atoms with Crippen LogP contribution in [0.2, 0.25) is 0 Å². The number of nitrogens with zero attached hydrogens (tertiary/aromatic N) is 2. The van der Waals surface area contributed by atoms with Gasteiger partial charge in [0.25, 0.3) is 0 Å². The highest BCUT2D eigenvalue weighted by molar-refractivity contribution is 9.10. The Labute approximate surface area is 134 Å². The Bertz CT molecular complexity index is 699. The summed E-state index contributed by atoms with van der Waals surface area (Å²) in [5, 5.41) is 18.9. The molecule has 20 heavy (non-hydrogen) atoms. The minimum absolute atomic E-state index is 0.354. The van der Waals surface area contributed by atoms with Crippen LogP contribution in [-0.2, 0) is 0 Å². The Kier molecular flexibility index (Phi) is 4.74. The molecule has 0 heterocycles. The summed E-state index contributed by atoms with van der Waals surface area (Å²) >= 11 is 6.84. The molecule has 0 N–H and O–H groups in total. The smallest absolute Gasteiger partial charge is 0.101 e. The molecular formula is C16H8Br2N2. The van der Waals surface area contributed by atoms with Gasteiger partial charge in [-0.05, 0) is 12.1 Å². The monoisotopic (exact) mass is 386 g/mol. The lowest BCUT2D eigenvalue weighted by atomic mass is 9.96. The summed E-state index contributed by atoms with van der Waals surface area (Å²) in [7, 11) is 0. The van der Waals surface area contributed by atoms with E-state index in [1.807, 2.05) is 48.5 Å². The van der Waals surface area contributed by atoms with Gasteiger partial charge in [0.2, 0.25) is 0 Å². The van der Waals surface area contributed by atoms with Gasteiger partial charge in [0.15, 0.2) is 0 Å². The van der Waals surface area contributed by atoms with Gasteiger partial charge in [-0.2, -0.15) is 10.5 Å². The van der Waals surface area contributed by atoms with E-state index in [0.717, 1.165) is 8.95 Å². The lowest BCUT2D eigenvalue weighted by Gasteiger charge is -2.07. The number of hydrogen-bond donors (Lipinski definition) is 0. The molecule has 0 aliphatic carbocycles. The first-order valence-electron chi connectivity index (χ1n) is 5.73. The number of benzene rings is 2. The Morgan fingerprint density at radius 2 is 1.05 bits per heavy atom. The molecule has 2 aromatic carbocycles. The second-order valence-electron chi connectivity index (χ2n) is 3.93. The van der Waals surface area contributed by atoms with Gasteiger partial charge < -0.3 is 0 Å². The molecule has 0 aliphatic heterocycles. The van der Waals surface area contributed by atoms with Crippen LogP contribution in [0.3, 0.4) is 0 Å². The fourth-order valence-corrected chi connectivity index (χ4v) is 2.80. The zero-order valence-electron chi connectivity index (χ0n) is 10.3. The summed E-state index contributed by atoms with van der Waals surface area (Å²) in [6.07, 6.45) is 0. The molecule has 2 nitrogen and oxygen atoms in total. The molecule has 4 heteroatoms. The molecule has 0 aliphatic rings. The Morgan fingerprint density at radius 3 is 1.35 bits per heavy atom. The summed E-state index contributed by atoms with van der Waals surface area (Å²) in [5.74, 6) is 0. The molecule has 0 radical (unpaired) electrons. The van der Waals surface area contributed by atoms with Crippen LogP contribution >= 0.6 is 31.9 Å². The Morgan fingerprint density at radius 1 is 0.700 bits per heavy atom. The van der Waals surface area contributed by atoms with Crippen LogP contribution in [0.25, 0.3) is 11.1 Å². The molecule has 0 aromatic heterocycles. The maximum absolute atomic E-state index is 9.46. The van der Waals surface area contributed by atoms with E-state index in [9.17, 15) is 10.5 Å². The predicted octanol–water partition coefficient (Wildman–Crippen LogP) is 5.17. The first kappa shape index (κ1) is 14.5. The fourth-order valence-electron chi connectivity index (χ4n) is 1.83. The van der Waals surface area contributed by atoms with Crippen LogP contribution in [-0.4, -0.2) is 0 Å². The summed E-state index contributed by atoms with van der Waals surface area (Å²) < 4.78 is 1.58. The molecule has 96 valence electrons. The van der Waals surface area contributed by atoms with Crippen molar-refractivity contribution in [2.24, 2.45) is 0 Å². The van der Waals surface area contributed by atoms with Crippen LogP contribution in [0.1, 0.15) is 11.1 Å². The highest BCUT2D eigenvalue weighted by Crippen LogP contribution is 2.33. The molecule has 0 atom stereocenters. The van der Waals surface area contributed by atoms with Crippen molar-refractivity contribution >= 4 is 43.0 Å². The Balaban J connectivity index is 2.75. The minimum Gasteiger partial charge on any atom is -0.192 e. The SMILES string of the molecule is N#C/C(=C(/C#N)c1ccccc1Br)c1ccccc1Br. The minimum atomic E-state index is 0.354. The van der Waals surface area contributed by atoms with E-state index in [2.05, 4.69) is 44.0 Å². The zero-order valence-corrected chi connectivity index (χ0v) is 13.4. The van der Waals surface area contributed by atoms with Crippen molar-refractivity contribution in [3.63, 3.8) is 0 Å². The number of nitriles is 2. The quantitative estimate of drug-likeness (QED) is 0.527. The molecule has 0 saturated heterocycles. The molecule has 2 rings (SSSR count). The van der Waals surface area contributed by atoms with Gasteiger partial charge in [-0.1, -0.05) is 68.3 Å². The van der Waals surface area contributed by atoms with Gasteiger partial charge in [0.05, 0.1) is 11.1 Å². The van der Waals surface area contributed by atoms with Gasteiger partial charge in [-0.15, -0.1) is 0 Å². The van der Waals surface area contributed by atoms with Crippen LogP contribution in [0.15, 0.2) is 57.5 Å². The average molecular weight is 388 g/mol. The van der Waals surface area contributed by atoms with Crippen molar-refractivity contribution in [2.75, 3.05) is 0 Å². The second-order valence-corrected chi connectivity index (χ2v) is 5.64. The van der Waals surface area contributed by atoms with Crippen LogP contribution in [0.5, 0.6) is 0 Å². The van der Waals surface area contributed by atoms with Gasteiger partial charge in [0, 0.05) is 20.1 Å². The third-order valence-corrected chi connectivity index (χ3v) is 4.14. The number of allylic oxidation sites excluding steroid dienone is 2. The summed E-state index contributed by atoms with van der Waals surface area (Å²) in [6, 6.07) is 19.0. The molecule has 0 fully saturated rings. The van der Waals surface area contributed by atoms with Crippen molar-refractivity contribution in [3.05, 3.63) is 68.6 Å². The Hall–Kier alpha value is -1.88. The van der Waals surface area contributed by atoms with Gasteiger partial charge in [-0.3, -0.25) is 0 Å². The van der Waals surface area contributed by atoms with E-state index in [1.54, 1.807) is 0 Å². The highest BCUT2D eigenvalue weighted by atomic mass is 79.9. The van der Waals surface area contributed by atoms with E-state index in [4.69, 9.17) is 0 Å². The average Bonchev–Trinajstić information content (AvgIpc) is 2.47. The van der Waals surface area contributed by atoms with Crippen LogP contribution < -0.4 is 0 Å². The topological polar surface area (TPSA) is 47.6 Å². The standard InChI is InChI=1S/C16H8Br2N2/c17-15-7-3-1-5-11(15)13(9-19)14(10-20)12-6-2-4-8-16(12)18/h1-8H/b14-13+. The molecule has 0 saturated carbocycles. The molecule has 0 unspecified atom stereocenters. The maximum atomic E-state index is 9.46. The number of halogens is 2. The molecule has 2 aromatic rings. The molecule has 0 amide bonds. The van der Waals surface area contributed by atoms with E-state index in [-0.39, 0.29) is 0 Å². The zero-order chi connectivity index (χ0) is 14.5. The second kappa shape index (κ2) is 6.52. The first-order valence-corrected chi connectivity index (χ1v) is 7.32. The van der Waals surface area contributed by atoms with E-state index < -0.39 is 0 Å². The first-order chi connectivity index (χ1) is 9.69. The van der Waals surface area contributed by atoms with Crippen molar-refractivity contribution < 1.29 is 0 Å². The van der Waals surface area contributed by atoms with Gasteiger partial charge >= 0.3 is 0 Å². The van der Waals surface area contributed by atoms with Crippen LogP contribution in [0, 0.1) is 22.7 Å². The lowest BCUT2D eigenvalue weighted by Crippen LogP contribution is -1.91. The largest absolute Gasteiger partial charge is 0.192 e. The summed E-state index contributed by atoms with van der Waals surface area (Å²) in [6.45, 7) is 0. The van der Waals surface area contributed by atoms with E-state index in [1.165, 1.54) is 0 Å². The van der Waals surface area contributed by atoms with Crippen molar-refractivity contribution in [1.82, 2.24) is 0 Å². The van der Waals surface area contributed by atoms with Crippen molar-refractivity contribution in [1.29, 1.82) is 10.5 Å². The highest BCUT2D eigenvalue weighted by Gasteiger charge is 2.15. The van der Waals surface area contributed by atoms with E-state index >= 15 is 0 Å². The summed E-state index contributed by atoms with van der Waals surface area (Å²) in [5.41, 5.74) is 2.13. The van der Waals surface area contributed by atoms with Crippen molar-refractivity contribution in [2.45, 2.75) is 0 Å². The van der Waals surface area contributed by atoms with Gasteiger partial charge in [-0.25, -0.2) is 0 Å². The number of rotatable bonds is 2. The fraction of sp³-hybridized carbons (Fsp3) is 0. The lowest BCUT2D eigenvalue weighted by molar-refractivity contribution is 1.48. The molecular weight excluding hydrogens is 380 g/mol. The third-order valence-electron chi connectivity index (χ3n) is 2.76. The van der Waals surface area contributed by atoms with Gasteiger partial charge in [0.1, 0.15) is 12.1 Å². The third kappa shape index (κ3) is 2.82. The molecule has 0 bridgehead atoms. The van der Waals surface area contributed by atoms with Crippen LogP contribution in [0.4, 0.5) is 0 Å². The number of hydrogen-bond acceptors (Lipinski definition) is 2. The normalized spacial score (nSPS) is 11.2. The predicted molar refractivity (Wildman–Crippen MR) is 86.3 cm³/mol. The van der Waals surface area contributed by atoms with Crippen molar-refractivity contribution in [3.8, 4) is 12.1 Å². The van der Waals surface area contributed by atoms with E-state index in [0.29, 0.717) is 22.3 Å². The summed E-state index contributed by atoms with van der Waals surface area (Å²) in [4.78, 5) is 0. The molecule has 0 spiro atoms. The maximum Gasteiger partial charge on any atom is 0.101 e.